The number of para-hydroxylation sites is 1. The highest BCUT2D eigenvalue weighted by molar-refractivity contribution is 6.04. The van der Waals surface area contributed by atoms with Crippen LogP contribution in [0.3, 0.4) is 0 Å². The molecule has 1 N–H and O–H groups in total. The van der Waals surface area contributed by atoms with E-state index in [1.807, 2.05) is 30.3 Å². The molecule has 0 aliphatic rings. The molecule has 7 nitrogen and oxygen atoms in total. The first kappa shape index (κ1) is 19.1. The maximum Gasteiger partial charge on any atom is 0.340 e. The van der Waals surface area contributed by atoms with Gasteiger partial charge in [-0.15, -0.1) is 0 Å². The number of nitrogens with zero attached hydrogens (tertiary/aromatic N) is 2. The molecule has 0 fully saturated rings. The zero-order valence-corrected chi connectivity index (χ0v) is 15.8. The standard InChI is InChI=1S/C22H16FN3O4/c1-29-22(28)16-12-14(9-10-17(16)23)24-21(27)19-13-18(20-8-5-11-30-20)25-26(19)15-6-3-2-4-7-15/h2-13H,1H3,(H,24,27). The third-order valence-electron chi connectivity index (χ3n) is 4.35. The van der Waals surface area contributed by atoms with E-state index in [9.17, 15) is 14.0 Å². The normalized spacial score (nSPS) is 10.6. The van der Waals surface area contributed by atoms with Crippen LogP contribution < -0.4 is 5.32 Å². The SMILES string of the molecule is COC(=O)c1cc(NC(=O)c2cc(-c3ccco3)nn2-c2ccccc2)ccc1F. The van der Waals surface area contributed by atoms with Crippen LogP contribution in [-0.4, -0.2) is 28.8 Å². The van der Waals surface area contributed by atoms with Crippen molar-refractivity contribution in [3.8, 4) is 17.1 Å². The van der Waals surface area contributed by atoms with E-state index in [0.717, 1.165) is 13.2 Å². The first-order chi connectivity index (χ1) is 14.6. The molecule has 150 valence electrons. The lowest BCUT2D eigenvalue weighted by Crippen LogP contribution is -2.17. The van der Waals surface area contributed by atoms with Crippen LogP contribution in [0.5, 0.6) is 0 Å². The Balaban J connectivity index is 1.71. The summed E-state index contributed by atoms with van der Waals surface area (Å²) in [6, 6.07) is 17.8. The predicted molar refractivity (Wildman–Crippen MR) is 107 cm³/mol. The number of carbonyl (C=O) groups excluding carboxylic acids is 2. The summed E-state index contributed by atoms with van der Waals surface area (Å²) in [5, 5.41) is 7.16. The van der Waals surface area contributed by atoms with Gasteiger partial charge in [-0.1, -0.05) is 18.2 Å². The van der Waals surface area contributed by atoms with Crippen LogP contribution >= 0.6 is 0 Å². The number of benzene rings is 2. The molecule has 0 spiro atoms. The van der Waals surface area contributed by atoms with E-state index in [4.69, 9.17) is 4.42 Å². The Bertz CT molecular complexity index is 1200. The zero-order valence-electron chi connectivity index (χ0n) is 15.8. The predicted octanol–water partition coefficient (Wildman–Crippen LogP) is 4.31. The Morgan fingerprint density at radius 3 is 2.57 bits per heavy atom. The number of carbonyl (C=O) groups is 2. The van der Waals surface area contributed by atoms with E-state index in [0.29, 0.717) is 17.1 Å². The van der Waals surface area contributed by atoms with Crippen molar-refractivity contribution in [2.45, 2.75) is 0 Å². The van der Waals surface area contributed by atoms with Gasteiger partial charge in [-0.2, -0.15) is 5.10 Å². The molecule has 2 aromatic heterocycles. The number of esters is 1. The first-order valence-electron chi connectivity index (χ1n) is 8.95. The minimum Gasteiger partial charge on any atom is -0.465 e. The Kier molecular flexibility index (Phi) is 5.13. The van der Waals surface area contributed by atoms with Crippen LogP contribution in [0.1, 0.15) is 20.8 Å². The molecular formula is C22H16FN3O4. The largest absolute Gasteiger partial charge is 0.465 e. The van der Waals surface area contributed by atoms with E-state index in [2.05, 4.69) is 15.2 Å². The van der Waals surface area contributed by atoms with Crippen LogP contribution in [0.15, 0.2) is 77.4 Å². The minimum absolute atomic E-state index is 0.233. The summed E-state index contributed by atoms with van der Waals surface area (Å²) in [6.07, 6.45) is 1.52. The number of aromatic nitrogens is 2. The van der Waals surface area contributed by atoms with Gasteiger partial charge in [-0.05, 0) is 42.5 Å². The van der Waals surface area contributed by atoms with Gasteiger partial charge in [-0.25, -0.2) is 13.9 Å². The van der Waals surface area contributed by atoms with E-state index in [1.54, 1.807) is 18.2 Å². The van der Waals surface area contributed by atoms with Crippen LogP contribution in [0, 0.1) is 5.82 Å². The summed E-state index contributed by atoms with van der Waals surface area (Å²) in [4.78, 5) is 24.7. The van der Waals surface area contributed by atoms with Crippen LogP contribution in [0.2, 0.25) is 0 Å². The number of hydrogen-bond acceptors (Lipinski definition) is 5. The Morgan fingerprint density at radius 2 is 1.87 bits per heavy atom. The molecule has 30 heavy (non-hydrogen) atoms. The summed E-state index contributed by atoms with van der Waals surface area (Å²) in [5.74, 6) is -1.56. The molecule has 0 saturated carbocycles. The molecule has 0 aliphatic heterocycles. The van der Waals surface area contributed by atoms with Gasteiger partial charge in [0.15, 0.2) is 5.76 Å². The molecule has 0 aliphatic carbocycles. The summed E-state index contributed by atoms with van der Waals surface area (Å²) in [5.41, 5.74) is 1.35. The molecule has 0 bridgehead atoms. The topological polar surface area (TPSA) is 86.4 Å². The van der Waals surface area contributed by atoms with Gasteiger partial charge in [0.05, 0.1) is 24.6 Å². The Labute approximate surface area is 170 Å². The highest BCUT2D eigenvalue weighted by Gasteiger charge is 2.20. The molecule has 4 aromatic rings. The number of methoxy groups -OCH3 is 1. The lowest BCUT2D eigenvalue weighted by atomic mass is 10.2. The van der Waals surface area contributed by atoms with Crippen molar-refractivity contribution in [2.75, 3.05) is 12.4 Å². The molecular weight excluding hydrogens is 389 g/mol. The molecule has 8 heteroatoms. The lowest BCUT2D eigenvalue weighted by Gasteiger charge is -2.09. The van der Waals surface area contributed by atoms with Gasteiger partial charge in [0.25, 0.3) is 5.91 Å². The third kappa shape index (κ3) is 3.70. The second-order valence-electron chi connectivity index (χ2n) is 6.28. The van der Waals surface area contributed by atoms with E-state index in [1.165, 1.54) is 23.1 Å². The molecule has 2 aromatic carbocycles. The van der Waals surface area contributed by atoms with E-state index >= 15 is 0 Å². The van der Waals surface area contributed by atoms with Gasteiger partial charge in [-0.3, -0.25) is 4.79 Å². The van der Waals surface area contributed by atoms with Crippen LogP contribution in [0.25, 0.3) is 17.1 Å². The summed E-state index contributed by atoms with van der Waals surface area (Å²) >= 11 is 0. The molecule has 0 saturated heterocycles. The summed E-state index contributed by atoms with van der Waals surface area (Å²) in [7, 11) is 1.15. The van der Waals surface area contributed by atoms with Crippen LogP contribution in [-0.2, 0) is 4.74 Å². The Hall–Kier alpha value is -4.20. The summed E-state index contributed by atoms with van der Waals surface area (Å²) < 4.78 is 25.3. The van der Waals surface area contributed by atoms with Crippen molar-refractivity contribution in [1.82, 2.24) is 9.78 Å². The van der Waals surface area contributed by atoms with Crippen molar-refractivity contribution < 1.29 is 23.1 Å². The van der Waals surface area contributed by atoms with Crippen molar-refractivity contribution in [3.63, 3.8) is 0 Å². The summed E-state index contributed by atoms with van der Waals surface area (Å²) in [6.45, 7) is 0. The third-order valence-corrected chi connectivity index (χ3v) is 4.35. The average molecular weight is 405 g/mol. The number of furan rings is 1. The van der Waals surface area contributed by atoms with Gasteiger partial charge in [0.1, 0.15) is 17.2 Å². The number of amides is 1. The van der Waals surface area contributed by atoms with Gasteiger partial charge >= 0.3 is 5.97 Å². The number of hydrogen-bond donors (Lipinski definition) is 1. The van der Waals surface area contributed by atoms with E-state index in [-0.39, 0.29) is 16.9 Å². The maximum absolute atomic E-state index is 13.9. The fourth-order valence-electron chi connectivity index (χ4n) is 2.92. The monoisotopic (exact) mass is 405 g/mol. The maximum atomic E-state index is 13.9. The molecule has 0 unspecified atom stereocenters. The second kappa shape index (κ2) is 8.04. The Morgan fingerprint density at radius 1 is 1.07 bits per heavy atom. The van der Waals surface area contributed by atoms with Crippen molar-refractivity contribution in [1.29, 1.82) is 0 Å². The highest BCUT2D eigenvalue weighted by Crippen LogP contribution is 2.23. The number of ether oxygens (including phenoxy) is 1. The van der Waals surface area contributed by atoms with Crippen molar-refractivity contribution in [3.05, 3.63) is 90.1 Å². The lowest BCUT2D eigenvalue weighted by molar-refractivity contribution is 0.0595. The van der Waals surface area contributed by atoms with Crippen molar-refractivity contribution >= 4 is 17.6 Å². The molecule has 4 rings (SSSR count). The van der Waals surface area contributed by atoms with Gasteiger partial charge < -0.3 is 14.5 Å². The molecule has 1 amide bonds. The average Bonchev–Trinajstić information content (AvgIpc) is 3.45. The van der Waals surface area contributed by atoms with Gasteiger partial charge in [0.2, 0.25) is 0 Å². The van der Waals surface area contributed by atoms with Crippen LogP contribution in [0.4, 0.5) is 10.1 Å². The number of rotatable bonds is 5. The van der Waals surface area contributed by atoms with Gasteiger partial charge in [0, 0.05) is 11.8 Å². The quantitative estimate of drug-likeness (QED) is 0.500. The highest BCUT2D eigenvalue weighted by atomic mass is 19.1. The number of anilines is 1. The molecule has 2 heterocycles. The minimum atomic E-state index is -0.835. The number of nitrogens with one attached hydrogen (secondary N) is 1. The first-order valence-corrected chi connectivity index (χ1v) is 8.95. The molecule has 0 radical (unpaired) electrons. The smallest absolute Gasteiger partial charge is 0.340 e. The second-order valence-corrected chi connectivity index (χ2v) is 6.28. The van der Waals surface area contributed by atoms with Crippen molar-refractivity contribution in [2.24, 2.45) is 0 Å². The molecule has 0 atom stereocenters. The fraction of sp³-hybridized carbons (Fsp3) is 0.0455. The zero-order chi connectivity index (χ0) is 21.1. The number of halogens is 1. The fourth-order valence-corrected chi connectivity index (χ4v) is 2.92. The van der Waals surface area contributed by atoms with E-state index < -0.39 is 17.7 Å².